The third-order valence-corrected chi connectivity index (χ3v) is 6.12. The van der Waals surface area contributed by atoms with Crippen LogP contribution in [0.2, 0.25) is 0 Å². The Bertz CT molecular complexity index is 1350. The number of hydrogen-bond acceptors (Lipinski definition) is 6. The second-order valence-electron chi connectivity index (χ2n) is 9.52. The van der Waals surface area contributed by atoms with Crippen LogP contribution in [0.15, 0.2) is 66.9 Å². The van der Waals surface area contributed by atoms with Gasteiger partial charge in [-0.1, -0.05) is 29.8 Å². The van der Waals surface area contributed by atoms with E-state index in [1.807, 2.05) is 55.5 Å². The molecule has 0 radical (unpaired) electrons. The largest absolute Gasteiger partial charge is 0.490 e. The quantitative estimate of drug-likeness (QED) is 0.384. The third kappa shape index (κ3) is 10.2. The van der Waals surface area contributed by atoms with Gasteiger partial charge in [0.2, 0.25) is 5.91 Å². The summed E-state index contributed by atoms with van der Waals surface area (Å²) in [6.07, 6.45) is -2.30. The number of carboxylic acid groups (broad SMARTS) is 1. The van der Waals surface area contributed by atoms with Crippen LogP contribution in [0.3, 0.4) is 0 Å². The van der Waals surface area contributed by atoms with Gasteiger partial charge in [-0.2, -0.15) is 13.2 Å². The predicted molar refractivity (Wildman–Crippen MR) is 150 cm³/mol. The Kier molecular flexibility index (Phi) is 10.8. The van der Waals surface area contributed by atoms with Gasteiger partial charge in [0, 0.05) is 68.8 Å². The van der Waals surface area contributed by atoms with E-state index in [1.54, 1.807) is 6.20 Å². The fraction of sp³-hybridized carbons (Fsp3) is 0.310. The van der Waals surface area contributed by atoms with E-state index in [0.29, 0.717) is 5.56 Å². The molecule has 1 fully saturated rings. The van der Waals surface area contributed by atoms with E-state index in [4.69, 9.17) is 9.90 Å². The Morgan fingerprint density at radius 1 is 0.927 bits per heavy atom. The summed E-state index contributed by atoms with van der Waals surface area (Å²) < 4.78 is 31.7. The van der Waals surface area contributed by atoms with Crippen molar-refractivity contribution in [2.75, 3.05) is 41.7 Å². The normalized spacial score (nSPS) is 13.8. The Labute approximate surface area is 236 Å². The number of aryl methyl sites for hydroxylation is 1. The molecule has 0 unspecified atom stereocenters. The van der Waals surface area contributed by atoms with Gasteiger partial charge in [0.15, 0.2) is 0 Å². The molecule has 2 aromatic carbocycles. The molecular weight excluding hydrogens is 539 g/mol. The lowest BCUT2D eigenvalue weighted by molar-refractivity contribution is -0.192. The van der Waals surface area contributed by atoms with Crippen molar-refractivity contribution in [1.29, 1.82) is 0 Å². The number of benzene rings is 2. The summed E-state index contributed by atoms with van der Waals surface area (Å²) >= 11 is 0. The molecule has 1 aliphatic rings. The van der Waals surface area contributed by atoms with Crippen LogP contribution in [-0.4, -0.2) is 65.1 Å². The first-order valence-corrected chi connectivity index (χ1v) is 12.9. The van der Waals surface area contributed by atoms with Gasteiger partial charge in [0.05, 0.1) is 0 Å². The van der Waals surface area contributed by atoms with Gasteiger partial charge in [-0.25, -0.2) is 9.78 Å². The highest BCUT2D eigenvalue weighted by molar-refractivity contribution is 6.04. The van der Waals surface area contributed by atoms with Gasteiger partial charge in [-0.05, 0) is 49.2 Å². The maximum Gasteiger partial charge on any atom is 0.490 e. The van der Waals surface area contributed by atoms with E-state index in [0.717, 1.165) is 61.9 Å². The number of carbonyl (C=O) groups excluding carboxylic acids is 2. The molecule has 0 spiro atoms. The number of pyridine rings is 1. The molecule has 0 aliphatic carbocycles. The zero-order valence-electron chi connectivity index (χ0n) is 22.7. The molecule has 0 saturated carbocycles. The van der Waals surface area contributed by atoms with Crippen molar-refractivity contribution in [2.45, 2.75) is 33.0 Å². The zero-order chi connectivity index (χ0) is 30.0. The van der Waals surface area contributed by atoms with Crippen LogP contribution in [0.4, 0.5) is 30.4 Å². The summed E-state index contributed by atoms with van der Waals surface area (Å²) in [4.78, 5) is 42.0. The molecule has 4 rings (SSSR count). The summed E-state index contributed by atoms with van der Waals surface area (Å²) in [7, 11) is 0. The topological polar surface area (TPSA) is 115 Å². The molecule has 1 aromatic heterocycles. The Morgan fingerprint density at radius 3 is 2.27 bits per heavy atom. The smallest absolute Gasteiger partial charge is 0.475 e. The fourth-order valence-electron chi connectivity index (χ4n) is 4.17. The Morgan fingerprint density at radius 2 is 1.63 bits per heavy atom. The zero-order valence-corrected chi connectivity index (χ0v) is 22.7. The number of halogens is 3. The SMILES string of the molecule is CC(=O)Nc1ccc(CN2CCCN(c3cc(NC(=O)c4cccc(C)c4)ccn3)CC2)cc1.O=C(O)C(F)(F)F. The number of nitrogens with zero attached hydrogens (tertiary/aromatic N) is 3. The lowest BCUT2D eigenvalue weighted by Gasteiger charge is -2.23. The molecule has 2 amide bonds. The van der Waals surface area contributed by atoms with Crippen LogP contribution in [0.5, 0.6) is 0 Å². The number of aromatic nitrogens is 1. The van der Waals surface area contributed by atoms with Crippen LogP contribution in [0.1, 0.15) is 34.8 Å². The Hall–Kier alpha value is -4.45. The van der Waals surface area contributed by atoms with Crippen LogP contribution >= 0.6 is 0 Å². The van der Waals surface area contributed by atoms with Crippen molar-refractivity contribution in [3.63, 3.8) is 0 Å². The first-order chi connectivity index (χ1) is 19.4. The molecule has 12 heteroatoms. The van der Waals surface area contributed by atoms with E-state index in [1.165, 1.54) is 12.5 Å². The summed E-state index contributed by atoms with van der Waals surface area (Å²) in [6.45, 7) is 8.08. The summed E-state index contributed by atoms with van der Waals surface area (Å²) in [6, 6.07) is 19.4. The van der Waals surface area contributed by atoms with Crippen molar-refractivity contribution in [3.05, 3.63) is 83.6 Å². The number of alkyl halides is 3. The predicted octanol–water partition coefficient (Wildman–Crippen LogP) is 4.95. The minimum atomic E-state index is -5.08. The highest BCUT2D eigenvalue weighted by Crippen LogP contribution is 2.20. The van der Waals surface area contributed by atoms with E-state index in [2.05, 4.69) is 37.6 Å². The van der Waals surface area contributed by atoms with E-state index in [-0.39, 0.29) is 11.8 Å². The van der Waals surface area contributed by atoms with Crippen LogP contribution in [0.25, 0.3) is 0 Å². The summed E-state index contributed by atoms with van der Waals surface area (Å²) in [5, 5.41) is 12.9. The number of rotatable bonds is 6. The standard InChI is InChI=1S/C27H31N5O2.C2HF3O2/c1-20-5-3-6-23(17-20)27(34)30-25-11-12-28-26(18-25)32-14-4-13-31(15-16-32)19-22-7-9-24(10-8-22)29-21(2)33;3-2(4,5)1(6)7/h3,5-12,17-18H,4,13-16,19H2,1-2H3,(H,29,33)(H,28,30,34);(H,6,7). The number of carboxylic acids is 1. The lowest BCUT2D eigenvalue weighted by Crippen LogP contribution is -2.31. The monoisotopic (exact) mass is 571 g/mol. The highest BCUT2D eigenvalue weighted by atomic mass is 19.4. The number of aliphatic carboxylic acids is 1. The van der Waals surface area contributed by atoms with Crippen LogP contribution in [0, 0.1) is 6.92 Å². The molecular formula is C29H32F3N5O4. The van der Waals surface area contributed by atoms with Crippen molar-refractivity contribution >= 4 is 35.0 Å². The maximum absolute atomic E-state index is 12.6. The molecule has 3 aromatic rings. The molecule has 1 saturated heterocycles. The third-order valence-electron chi connectivity index (χ3n) is 6.12. The van der Waals surface area contributed by atoms with Gasteiger partial charge in [0.25, 0.3) is 5.91 Å². The van der Waals surface area contributed by atoms with Gasteiger partial charge < -0.3 is 20.6 Å². The fourth-order valence-corrected chi connectivity index (χ4v) is 4.17. The molecule has 3 N–H and O–H groups in total. The van der Waals surface area contributed by atoms with Crippen LogP contribution in [-0.2, 0) is 16.1 Å². The second kappa shape index (κ2) is 14.3. The van der Waals surface area contributed by atoms with Crippen molar-refractivity contribution < 1.29 is 32.7 Å². The Balaban J connectivity index is 0.000000587. The lowest BCUT2D eigenvalue weighted by atomic mass is 10.1. The molecule has 1 aliphatic heterocycles. The van der Waals surface area contributed by atoms with Crippen LogP contribution < -0.4 is 15.5 Å². The van der Waals surface area contributed by atoms with E-state index < -0.39 is 12.1 Å². The van der Waals surface area contributed by atoms with E-state index in [9.17, 15) is 22.8 Å². The molecule has 0 atom stereocenters. The van der Waals surface area contributed by atoms with E-state index >= 15 is 0 Å². The first kappa shape index (κ1) is 31.1. The average Bonchev–Trinajstić information content (AvgIpc) is 3.15. The van der Waals surface area contributed by atoms with Gasteiger partial charge in [0.1, 0.15) is 5.82 Å². The van der Waals surface area contributed by atoms with Crippen molar-refractivity contribution in [3.8, 4) is 0 Å². The van der Waals surface area contributed by atoms with Crippen molar-refractivity contribution in [1.82, 2.24) is 9.88 Å². The second-order valence-corrected chi connectivity index (χ2v) is 9.52. The summed E-state index contributed by atoms with van der Waals surface area (Å²) in [5.74, 6) is -2.06. The number of amides is 2. The van der Waals surface area contributed by atoms with Gasteiger partial charge in [-0.3, -0.25) is 14.5 Å². The molecule has 9 nitrogen and oxygen atoms in total. The number of hydrogen-bond donors (Lipinski definition) is 3. The molecule has 0 bridgehead atoms. The highest BCUT2D eigenvalue weighted by Gasteiger charge is 2.38. The average molecular weight is 572 g/mol. The first-order valence-electron chi connectivity index (χ1n) is 12.9. The van der Waals surface area contributed by atoms with Gasteiger partial charge in [-0.15, -0.1) is 0 Å². The maximum atomic E-state index is 12.6. The minimum absolute atomic E-state index is 0.0623. The number of carbonyl (C=O) groups is 3. The minimum Gasteiger partial charge on any atom is -0.475 e. The summed E-state index contributed by atoms with van der Waals surface area (Å²) in [5.41, 5.74) is 4.49. The van der Waals surface area contributed by atoms with Gasteiger partial charge >= 0.3 is 12.1 Å². The number of nitrogens with one attached hydrogen (secondary N) is 2. The van der Waals surface area contributed by atoms with Crippen molar-refractivity contribution in [2.24, 2.45) is 0 Å². The molecule has 41 heavy (non-hydrogen) atoms. The molecule has 2 heterocycles. The number of anilines is 3. The molecule has 218 valence electrons.